The van der Waals surface area contributed by atoms with E-state index in [9.17, 15) is 5.11 Å². The number of ether oxygens (including phenoxy) is 1. The lowest BCUT2D eigenvalue weighted by atomic mass is 10.0. The third kappa shape index (κ3) is 3.51. The zero-order chi connectivity index (χ0) is 14.4. The Morgan fingerprint density at radius 1 is 1.05 bits per heavy atom. The van der Waals surface area contributed by atoms with Gasteiger partial charge in [0.1, 0.15) is 5.75 Å². The minimum absolute atomic E-state index is 0.509. The van der Waals surface area contributed by atoms with Gasteiger partial charge in [-0.2, -0.15) is 0 Å². The number of aliphatic hydroxyl groups excluding tert-OH is 1. The highest BCUT2D eigenvalue weighted by molar-refractivity contribution is 5.89. The molecule has 0 saturated carbocycles. The number of hydrogen-bond acceptors (Lipinski definition) is 2. The zero-order valence-electron chi connectivity index (χ0n) is 12.4. The van der Waals surface area contributed by atoms with Gasteiger partial charge in [0.05, 0.1) is 12.7 Å². The average Bonchev–Trinajstić information content (AvgIpc) is 2.46. The Morgan fingerprint density at radius 2 is 1.85 bits per heavy atom. The van der Waals surface area contributed by atoms with Crippen molar-refractivity contribution >= 4 is 10.8 Å². The second-order valence-corrected chi connectivity index (χ2v) is 5.29. The standard InChI is InChI=1S/C18H24O2/c1-3-4-5-8-13-20-18-16(14(2)19)12-11-15-9-6-7-10-17(15)18/h6-7,9-12,14,19H,3-5,8,13H2,1-2H3/t14-/m1/s1. The molecule has 2 rings (SSSR count). The summed E-state index contributed by atoms with van der Waals surface area (Å²) in [6.07, 6.45) is 4.24. The molecule has 0 aliphatic carbocycles. The molecule has 2 heteroatoms. The van der Waals surface area contributed by atoms with E-state index in [0.717, 1.165) is 28.5 Å². The van der Waals surface area contributed by atoms with Crippen LogP contribution in [0.5, 0.6) is 5.75 Å². The van der Waals surface area contributed by atoms with E-state index in [4.69, 9.17) is 4.74 Å². The smallest absolute Gasteiger partial charge is 0.132 e. The van der Waals surface area contributed by atoms with Crippen LogP contribution in [0.2, 0.25) is 0 Å². The van der Waals surface area contributed by atoms with E-state index in [1.54, 1.807) is 6.92 Å². The lowest BCUT2D eigenvalue weighted by molar-refractivity contribution is 0.191. The van der Waals surface area contributed by atoms with Crippen LogP contribution >= 0.6 is 0 Å². The van der Waals surface area contributed by atoms with Crippen molar-refractivity contribution in [3.05, 3.63) is 42.0 Å². The van der Waals surface area contributed by atoms with Crippen molar-refractivity contribution in [3.63, 3.8) is 0 Å². The molecule has 0 radical (unpaired) electrons. The fourth-order valence-electron chi connectivity index (χ4n) is 2.45. The van der Waals surface area contributed by atoms with Gasteiger partial charge in [0, 0.05) is 10.9 Å². The van der Waals surface area contributed by atoms with E-state index in [1.165, 1.54) is 19.3 Å². The first-order valence-corrected chi connectivity index (χ1v) is 7.56. The predicted octanol–water partition coefficient (Wildman–Crippen LogP) is 4.85. The monoisotopic (exact) mass is 272 g/mol. The lowest BCUT2D eigenvalue weighted by Crippen LogP contribution is -2.03. The number of hydrogen-bond donors (Lipinski definition) is 1. The van der Waals surface area contributed by atoms with Gasteiger partial charge >= 0.3 is 0 Å². The fraction of sp³-hybridized carbons (Fsp3) is 0.444. The van der Waals surface area contributed by atoms with Gasteiger partial charge < -0.3 is 9.84 Å². The number of aliphatic hydroxyl groups is 1. The highest BCUT2D eigenvalue weighted by atomic mass is 16.5. The second-order valence-electron chi connectivity index (χ2n) is 5.29. The molecule has 20 heavy (non-hydrogen) atoms. The Labute approximate surface area is 121 Å². The van der Waals surface area contributed by atoms with Crippen LogP contribution in [0.4, 0.5) is 0 Å². The Balaban J connectivity index is 2.21. The average molecular weight is 272 g/mol. The molecule has 0 aromatic heterocycles. The molecule has 0 unspecified atom stereocenters. The number of unbranched alkanes of at least 4 members (excludes halogenated alkanes) is 3. The molecule has 2 aromatic rings. The van der Waals surface area contributed by atoms with Crippen LogP contribution in [0.3, 0.4) is 0 Å². The molecular formula is C18H24O2. The lowest BCUT2D eigenvalue weighted by Gasteiger charge is -2.16. The number of benzene rings is 2. The largest absolute Gasteiger partial charge is 0.493 e. The maximum absolute atomic E-state index is 9.92. The van der Waals surface area contributed by atoms with Crippen molar-refractivity contribution in [2.75, 3.05) is 6.61 Å². The molecule has 0 aliphatic heterocycles. The molecular weight excluding hydrogens is 248 g/mol. The number of fused-ring (bicyclic) bond motifs is 1. The van der Waals surface area contributed by atoms with Crippen molar-refractivity contribution in [2.24, 2.45) is 0 Å². The maximum atomic E-state index is 9.92. The van der Waals surface area contributed by atoms with Crippen molar-refractivity contribution in [1.29, 1.82) is 0 Å². The summed E-state index contributed by atoms with van der Waals surface area (Å²) >= 11 is 0. The first kappa shape index (κ1) is 14.9. The highest BCUT2D eigenvalue weighted by Gasteiger charge is 2.12. The molecule has 0 bridgehead atoms. The van der Waals surface area contributed by atoms with Crippen LogP contribution in [0, 0.1) is 0 Å². The van der Waals surface area contributed by atoms with Gasteiger partial charge in [-0.1, -0.05) is 62.6 Å². The van der Waals surface area contributed by atoms with E-state index in [1.807, 2.05) is 24.3 Å². The molecule has 2 aromatic carbocycles. The summed E-state index contributed by atoms with van der Waals surface area (Å²) in [5.74, 6) is 0.842. The summed E-state index contributed by atoms with van der Waals surface area (Å²) < 4.78 is 6.00. The Hall–Kier alpha value is -1.54. The van der Waals surface area contributed by atoms with E-state index in [0.29, 0.717) is 6.61 Å². The van der Waals surface area contributed by atoms with Gasteiger partial charge in [-0.05, 0) is 18.7 Å². The second kappa shape index (κ2) is 7.30. The van der Waals surface area contributed by atoms with Crippen molar-refractivity contribution in [2.45, 2.75) is 45.6 Å². The fourth-order valence-corrected chi connectivity index (χ4v) is 2.45. The van der Waals surface area contributed by atoms with Crippen LogP contribution in [-0.4, -0.2) is 11.7 Å². The maximum Gasteiger partial charge on any atom is 0.132 e. The molecule has 108 valence electrons. The number of rotatable bonds is 7. The van der Waals surface area contributed by atoms with Gasteiger partial charge in [-0.25, -0.2) is 0 Å². The van der Waals surface area contributed by atoms with Gasteiger partial charge in [0.2, 0.25) is 0 Å². The summed E-state index contributed by atoms with van der Waals surface area (Å²) in [6, 6.07) is 12.2. The van der Waals surface area contributed by atoms with Gasteiger partial charge in [-0.15, -0.1) is 0 Å². The van der Waals surface area contributed by atoms with E-state index < -0.39 is 6.10 Å². The quantitative estimate of drug-likeness (QED) is 0.730. The van der Waals surface area contributed by atoms with Crippen molar-refractivity contribution in [3.8, 4) is 5.75 Å². The van der Waals surface area contributed by atoms with Gasteiger partial charge in [0.25, 0.3) is 0 Å². The van der Waals surface area contributed by atoms with E-state index in [-0.39, 0.29) is 0 Å². The molecule has 0 spiro atoms. The Morgan fingerprint density at radius 3 is 2.60 bits per heavy atom. The topological polar surface area (TPSA) is 29.5 Å². The van der Waals surface area contributed by atoms with E-state index >= 15 is 0 Å². The van der Waals surface area contributed by atoms with Crippen LogP contribution < -0.4 is 4.74 Å². The Bertz CT molecular complexity index is 546. The SMILES string of the molecule is CCCCCCOc1c([C@@H](C)O)ccc2ccccc12. The van der Waals surface area contributed by atoms with Gasteiger partial charge in [-0.3, -0.25) is 0 Å². The van der Waals surface area contributed by atoms with Crippen molar-refractivity contribution in [1.82, 2.24) is 0 Å². The molecule has 0 amide bonds. The van der Waals surface area contributed by atoms with Crippen LogP contribution in [0.25, 0.3) is 10.8 Å². The van der Waals surface area contributed by atoms with Gasteiger partial charge in [0.15, 0.2) is 0 Å². The molecule has 0 aliphatic rings. The van der Waals surface area contributed by atoms with E-state index in [2.05, 4.69) is 19.1 Å². The first-order chi connectivity index (χ1) is 9.74. The predicted molar refractivity (Wildman–Crippen MR) is 84.2 cm³/mol. The third-order valence-electron chi connectivity index (χ3n) is 3.60. The van der Waals surface area contributed by atoms with Crippen LogP contribution in [0.1, 0.15) is 51.2 Å². The highest BCUT2D eigenvalue weighted by Crippen LogP contribution is 2.33. The third-order valence-corrected chi connectivity index (χ3v) is 3.60. The molecule has 0 saturated heterocycles. The normalized spacial score (nSPS) is 12.6. The summed E-state index contributed by atoms with van der Waals surface area (Å²) in [4.78, 5) is 0. The molecule has 0 fully saturated rings. The molecule has 0 heterocycles. The van der Waals surface area contributed by atoms with Crippen LogP contribution in [-0.2, 0) is 0 Å². The minimum Gasteiger partial charge on any atom is -0.493 e. The van der Waals surface area contributed by atoms with Crippen molar-refractivity contribution < 1.29 is 9.84 Å². The first-order valence-electron chi connectivity index (χ1n) is 7.56. The summed E-state index contributed by atoms with van der Waals surface area (Å²) in [5, 5.41) is 12.2. The summed E-state index contributed by atoms with van der Waals surface area (Å²) in [5.41, 5.74) is 0.874. The summed E-state index contributed by atoms with van der Waals surface area (Å²) in [6.45, 7) is 4.71. The molecule has 2 nitrogen and oxygen atoms in total. The minimum atomic E-state index is -0.509. The molecule has 1 N–H and O–H groups in total. The Kier molecular flexibility index (Phi) is 5.42. The zero-order valence-corrected chi connectivity index (χ0v) is 12.4. The summed E-state index contributed by atoms with van der Waals surface area (Å²) in [7, 11) is 0. The molecule has 1 atom stereocenters. The van der Waals surface area contributed by atoms with Crippen LogP contribution in [0.15, 0.2) is 36.4 Å².